The van der Waals surface area contributed by atoms with Gasteiger partial charge in [0.25, 0.3) is 0 Å². The van der Waals surface area contributed by atoms with E-state index in [0.717, 1.165) is 48.6 Å². The molecular weight excluding hydrogens is 410 g/mol. The third-order valence-electron chi connectivity index (χ3n) is 6.42. The number of hydrogen-bond acceptors (Lipinski definition) is 6. The lowest BCUT2D eigenvalue weighted by Crippen LogP contribution is -2.40. The third-order valence-corrected chi connectivity index (χ3v) is 7.34. The maximum atomic E-state index is 12.9. The van der Waals surface area contributed by atoms with Gasteiger partial charge in [0.2, 0.25) is 11.9 Å². The lowest BCUT2D eigenvalue weighted by Gasteiger charge is -2.33. The molecular formula is C23H33N5O2S. The average Bonchev–Trinajstić information content (AvgIpc) is 3.22. The van der Waals surface area contributed by atoms with Crippen LogP contribution in [0.2, 0.25) is 0 Å². The molecule has 8 heteroatoms. The molecule has 31 heavy (non-hydrogen) atoms. The first-order chi connectivity index (χ1) is 15.0. The van der Waals surface area contributed by atoms with E-state index in [2.05, 4.69) is 51.7 Å². The Morgan fingerprint density at radius 3 is 2.65 bits per heavy atom. The van der Waals surface area contributed by atoms with Crippen molar-refractivity contribution in [3.8, 4) is 5.69 Å². The van der Waals surface area contributed by atoms with E-state index in [1.54, 1.807) is 0 Å². The molecule has 1 amide bonds. The number of aryl methyl sites for hydroxylation is 1. The minimum Gasteiger partial charge on any atom is -0.378 e. The largest absolute Gasteiger partial charge is 0.378 e. The van der Waals surface area contributed by atoms with E-state index in [0.29, 0.717) is 25.0 Å². The Labute approximate surface area is 189 Å². The lowest BCUT2D eigenvalue weighted by molar-refractivity contribution is -0.129. The summed E-state index contributed by atoms with van der Waals surface area (Å²) in [5, 5.41) is 9.73. The number of ether oxygens (including phenoxy) is 1. The third kappa shape index (κ3) is 5.23. The first-order valence-corrected chi connectivity index (χ1v) is 12.2. The summed E-state index contributed by atoms with van der Waals surface area (Å²) in [5.41, 5.74) is 2.20. The molecule has 1 aromatic carbocycles. The quantitative estimate of drug-likeness (QED) is 0.637. The number of nitrogens with zero attached hydrogens (tertiary/aromatic N) is 5. The smallest absolute Gasteiger partial charge is 0.233 e. The van der Waals surface area contributed by atoms with E-state index in [4.69, 9.17) is 4.74 Å². The molecule has 0 atom stereocenters. The molecule has 1 saturated carbocycles. The number of thioether (sulfide) groups is 1. The molecule has 0 bridgehead atoms. The van der Waals surface area contributed by atoms with E-state index in [9.17, 15) is 4.79 Å². The van der Waals surface area contributed by atoms with Gasteiger partial charge in [0.05, 0.1) is 24.7 Å². The van der Waals surface area contributed by atoms with Gasteiger partial charge in [-0.05, 0) is 56.2 Å². The van der Waals surface area contributed by atoms with Gasteiger partial charge in [-0.25, -0.2) is 0 Å². The van der Waals surface area contributed by atoms with Gasteiger partial charge in [-0.15, -0.1) is 10.2 Å². The second kappa shape index (κ2) is 10.0. The number of carbonyl (C=O) groups is 1. The highest BCUT2D eigenvalue weighted by Crippen LogP contribution is 2.29. The summed E-state index contributed by atoms with van der Waals surface area (Å²) >= 11 is 1.47. The summed E-state index contributed by atoms with van der Waals surface area (Å²) in [4.78, 5) is 17.1. The molecule has 1 aliphatic carbocycles. The van der Waals surface area contributed by atoms with Gasteiger partial charge in [0, 0.05) is 26.2 Å². The van der Waals surface area contributed by atoms with Gasteiger partial charge >= 0.3 is 0 Å². The van der Waals surface area contributed by atoms with Crippen molar-refractivity contribution >= 4 is 23.6 Å². The lowest BCUT2D eigenvalue weighted by atomic mass is 9.87. The highest BCUT2D eigenvalue weighted by atomic mass is 32.2. The average molecular weight is 444 g/mol. The maximum absolute atomic E-state index is 12.9. The van der Waals surface area contributed by atoms with Crippen molar-refractivity contribution < 1.29 is 9.53 Å². The maximum Gasteiger partial charge on any atom is 0.233 e. The van der Waals surface area contributed by atoms with Crippen LogP contribution in [-0.4, -0.2) is 70.7 Å². The second-order valence-corrected chi connectivity index (χ2v) is 9.71. The zero-order valence-corrected chi connectivity index (χ0v) is 19.6. The van der Waals surface area contributed by atoms with E-state index in [1.165, 1.54) is 30.2 Å². The van der Waals surface area contributed by atoms with Crippen LogP contribution < -0.4 is 4.90 Å². The standard InChI is InChI=1S/C23H33N5O2S/c1-17-7-9-19(10-8-17)26(3)21(29)16-31-23-25-24-22(27-11-13-30-14-12-27)28(23)20-6-4-5-18(2)15-20/h4-6,15,17,19H,7-14,16H2,1-3H3. The molecule has 2 fully saturated rings. The number of carbonyl (C=O) groups excluding carboxylic acids is 1. The van der Waals surface area contributed by atoms with Gasteiger partial charge < -0.3 is 14.5 Å². The van der Waals surface area contributed by atoms with Crippen molar-refractivity contribution in [1.29, 1.82) is 0 Å². The molecule has 2 aliphatic rings. The monoisotopic (exact) mass is 443 g/mol. The van der Waals surface area contributed by atoms with Crippen LogP contribution in [0.15, 0.2) is 29.4 Å². The van der Waals surface area contributed by atoms with Gasteiger partial charge in [0.15, 0.2) is 5.16 Å². The molecule has 0 N–H and O–H groups in total. The molecule has 0 unspecified atom stereocenters. The van der Waals surface area contributed by atoms with Crippen molar-refractivity contribution in [2.75, 3.05) is 44.0 Å². The summed E-state index contributed by atoms with van der Waals surface area (Å²) < 4.78 is 7.59. The molecule has 0 spiro atoms. The van der Waals surface area contributed by atoms with Gasteiger partial charge in [0.1, 0.15) is 0 Å². The topological polar surface area (TPSA) is 63.5 Å². The Kier molecular flexibility index (Phi) is 7.17. The van der Waals surface area contributed by atoms with E-state index >= 15 is 0 Å². The van der Waals surface area contributed by atoms with Crippen molar-refractivity contribution in [2.24, 2.45) is 5.92 Å². The van der Waals surface area contributed by atoms with Crippen molar-refractivity contribution in [1.82, 2.24) is 19.7 Å². The van der Waals surface area contributed by atoms with Crippen LogP contribution in [0.4, 0.5) is 5.95 Å². The van der Waals surface area contributed by atoms with Crippen molar-refractivity contribution in [2.45, 2.75) is 50.7 Å². The fourth-order valence-corrected chi connectivity index (χ4v) is 5.25. The van der Waals surface area contributed by atoms with Crippen LogP contribution in [0.3, 0.4) is 0 Å². The van der Waals surface area contributed by atoms with Crippen LogP contribution in [0.25, 0.3) is 5.69 Å². The minimum absolute atomic E-state index is 0.163. The fraction of sp³-hybridized carbons (Fsp3) is 0.609. The van der Waals surface area contributed by atoms with Crippen LogP contribution in [0.1, 0.15) is 38.2 Å². The molecule has 2 heterocycles. The number of aromatic nitrogens is 3. The van der Waals surface area contributed by atoms with Crippen molar-refractivity contribution in [3.05, 3.63) is 29.8 Å². The van der Waals surface area contributed by atoms with E-state index in [-0.39, 0.29) is 5.91 Å². The molecule has 1 aliphatic heterocycles. The van der Waals surface area contributed by atoms with Gasteiger partial charge in [-0.1, -0.05) is 30.8 Å². The van der Waals surface area contributed by atoms with Crippen LogP contribution in [0, 0.1) is 12.8 Å². The fourth-order valence-electron chi connectivity index (χ4n) is 4.38. The van der Waals surface area contributed by atoms with Crippen LogP contribution in [0.5, 0.6) is 0 Å². The highest BCUT2D eigenvalue weighted by Gasteiger charge is 2.26. The first kappa shape index (κ1) is 22.1. The predicted octanol–water partition coefficient (Wildman–Crippen LogP) is 3.54. The van der Waals surface area contributed by atoms with Crippen molar-refractivity contribution in [3.63, 3.8) is 0 Å². The highest BCUT2D eigenvalue weighted by molar-refractivity contribution is 7.99. The first-order valence-electron chi connectivity index (χ1n) is 11.3. The minimum atomic E-state index is 0.163. The summed E-state index contributed by atoms with van der Waals surface area (Å²) in [6, 6.07) is 8.70. The molecule has 1 saturated heterocycles. The van der Waals surface area contributed by atoms with Crippen LogP contribution >= 0.6 is 11.8 Å². The Morgan fingerprint density at radius 1 is 1.19 bits per heavy atom. The zero-order chi connectivity index (χ0) is 21.8. The summed E-state index contributed by atoms with van der Waals surface area (Å²) in [6.07, 6.45) is 4.63. The normalized spacial score (nSPS) is 21.8. The van der Waals surface area contributed by atoms with Crippen LogP contribution in [-0.2, 0) is 9.53 Å². The number of anilines is 1. The summed E-state index contributed by atoms with van der Waals surface area (Å²) in [7, 11) is 1.95. The summed E-state index contributed by atoms with van der Waals surface area (Å²) in [5.74, 6) is 2.13. The Hall–Kier alpha value is -2.06. The number of morpholine rings is 1. The van der Waals surface area contributed by atoms with Gasteiger partial charge in [-0.3, -0.25) is 9.36 Å². The summed E-state index contributed by atoms with van der Waals surface area (Å²) in [6.45, 7) is 7.34. The number of hydrogen-bond donors (Lipinski definition) is 0. The number of amides is 1. The molecule has 168 valence electrons. The van der Waals surface area contributed by atoms with E-state index in [1.807, 2.05) is 18.0 Å². The molecule has 2 aromatic rings. The number of rotatable bonds is 6. The molecule has 0 radical (unpaired) electrons. The zero-order valence-electron chi connectivity index (χ0n) is 18.8. The number of benzene rings is 1. The predicted molar refractivity (Wildman–Crippen MR) is 124 cm³/mol. The Bertz CT molecular complexity index is 888. The second-order valence-electron chi connectivity index (χ2n) is 8.76. The molecule has 1 aromatic heterocycles. The molecule has 7 nitrogen and oxygen atoms in total. The Balaban J connectivity index is 1.51. The van der Waals surface area contributed by atoms with Gasteiger partial charge in [-0.2, -0.15) is 0 Å². The SMILES string of the molecule is Cc1cccc(-n2c(SCC(=O)N(C)C3CCC(C)CC3)nnc2N2CCOCC2)c1. The van der Waals surface area contributed by atoms with E-state index < -0.39 is 0 Å². The molecule has 4 rings (SSSR count). The Morgan fingerprint density at radius 2 is 1.94 bits per heavy atom.